The zero-order valence-electron chi connectivity index (χ0n) is 8.85. The summed E-state index contributed by atoms with van der Waals surface area (Å²) in [7, 11) is -7.99. The summed E-state index contributed by atoms with van der Waals surface area (Å²) in [5, 5.41) is 0. The number of halogens is 3. The van der Waals surface area contributed by atoms with Gasteiger partial charge in [-0.3, -0.25) is 4.18 Å². The third-order valence-corrected chi connectivity index (χ3v) is 3.26. The molecule has 17 heavy (non-hydrogen) atoms. The summed E-state index contributed by atoms with van der Waals surface area (Å²) < 4.78 is 37.1. The quantitative estimate of drug-likeness (QED) is 0.388. The number of alkyl halides is 1. The maximum Gasteiger partial charge on any atom is 0.403 e. The van der Waals surface area contributed by atoms with E-state index >= 15 is 0 Å². The second kappa shape index (κ2) is 9.77. The first kappa shape index (κ1) is 23.0. The molecule has 0 saturated heterocycles. The molecule has 0 aliphatic heterocycles. The monoisotopic (exact) mass is 353 g/mol. The van der Waals surface area contributed by atoms with E-state index in [9.17, 15) is 13.0 Å². The van der Waals surface area contributed by atoms with Crippen molar-refractivity contribution in [2.24, 2.45) is 0 Å². The van der Waals surface area contributed by atoms with Crippen molar-refractivity contribution in [2.75, 3.05) is 31.8 Å². The van der Waals surface area contributed by atoms with E-state index in [1.165, 1.54) is 0 Å². The highest BCUT2D eigenvalue weighted by atomic mass is 35.5. The van der Waals surface area contributed by atoms with Crippen molar-refractivity contribution in [2.45, 2.75) is 0 Å². The molecule has 0 rings (SSSR count). The van der Waals surface area contributed by atoms with E-state index in [0.717, 1.165) is 10.9 Å². The molecule has 2 N–H and O–H groups in total. The third-order valence-electron chi connectivity index (χ3n) is 1.36. The Bertz CT molecular complexity index is 333. The Labute approximate surface area is 118 Å². The fourth-order valence-electron chi connectivity index (χ4n) is 0.764. The molecule has 0 spiro atoms. The second-order valence-electron chi connectivity index (χ2n) is 2.68. The normalized spacial score (nSPS) is 11.8. The van der Waals surface area contributed by atoms with Crippen LogP contribution in [0, 0.1) is 0 Å². The molecule has 0 aliphatic carbocycles. The Morgan fingerprint density at radius 3 is 2.06 bits per heavy atom. The molecule has 0 amide bonds. The van der Waals surface area contributed by atoms with Crippen molar-refractivity contribution in [3.8, 4) is 0 Å². The summed E-state index contributed by atoms with van der Waals surface area (Å²) in [6.45, 7) is -0.566. The van der Waals surface area contributed by atoms with Gasteiger partial charge in [-0.1, -0.05) is 0 Å². The first-order chi connectivity index (χ1) is 6.67. The van der Waals surface area contributed by atoms with Crippen molar-refractivity contribution in [3.05, 3.63) is 0 Å². The first-order valence-corrected chi connectivity index (χ1v) is 7.80. The predicted octanol–water partition coefficient (Wildman–Crippen LogP) is 0.440. The Kier molecular flexibility index (Phi) is 13.2. The lowest BCUT2D eigenvalue weighted by Gasteiger charge is -2.21. The van der Waals surface area contributed by atoms with Gasteiger partial charge in [-0.05, 0) is 0 Å². The molecule has 0 fully saturated rings. The molecule has 0 bridgehead atoms. The average Bonchev–Trinajstić information content (AvgIpc) is 1.98. The minimum Gasteiger partial charge on any atom is -0.312 e. The predicted molar refractivity (Wildman–Crippen MR) is 69.6 cm³/mol. The van der Waals surface area contributed by atoms with Crippen LogP contribution < -0.4 is 0 Å². The van der Waals surface area contributed by atoms with Gasteiger partial charge < -0.3 is 9.79 Å². The van der Waals surface area contributed by atoms with E-state index in [0.29, 0.717) is 0 Å². The van der Waals surface area contributed by atoms with Crippen LogP contribution in [0.2, 0.25) is 0 Å². The zero-order chi connectivity index (χ0) is 12.1. The fraction of sp³-hybridized carbons (Fsp3) is 1.00. The molecule has 0 atom stereocenters. The Balaban J connectivity index is -0.000000980. The highest BCUT2D eigenvalue weighted by molar-refractivity contribution is 7.85. The molecule has 0 saturated carbocycles. The molecule has 0 aromatic heterocycles. The minimum absolute atomic E-state index is 0. The number of rotatable bonds is 7. The molecule has 12 heteroatoms. The van der Waals surface area contributed by atoms with Gasteiger partial charge in [0.15, 0.2) is 0 Å². The second-order valence-corrected chi connectivity index (χ2v) is 6.30. The fourth-order valence-corrected chi connectivity index (χ4v) is 2.17. The number of nitrogens with zero attached hydrogens (tertiary/aromatic N) is 1. The van der Waals surface area contributed by atoms with Gasteiger partial charge in [-0.15, -0.1) is 36.4 Å². The molecule has 108 valence electrons. The molecular formula is C5H15Cl3NO6PS. The van der Waals surface area contributed by atoms with Crippen LogP contribution in [0.5, 0.6) is 0 Å². The van der Waals surface area contributed by atoms with Gasteiger partial charge in [0, 0.05) is 19.0 Å². The van der Waals surface area contributed by atoms with Crippen molar-refractivity contribution < 1.29 is 27.0 Å². The van der Waals surface area contributed by atoms with Gasteiger partial charge in [0.2, 0.25) is 0 Å². The summed E-state index contributed by atoms with van der Waals surface area (Å²) in [6.07, 6.45) is 0.858. The van der Waals surface area contributed by atoms with Crippen molar-refractivity contribution in [1.82, 2.24) is 4.67 Å². The van der Waals surface area contributed by atoms with E-state index in [1.54, 1.807) is 0 Å². The van der Waals surface area contributed by atoms with Crippen molar-refractivity contribution in [1.29, 1.82) is 0 Å². The highest BCUT2D eigenvalue weighted by Gasteiger charge is 2.24. The standard InChI is InChI=1S/C5H13ClNO6PS.2ClH/c1-15(11,12)13-5-4-7(3-2-6)14(8,9)10;;/h2-5H2,1H3,(H2,8,9,10);2*1H. The summed E-state index contributed by atoms with van der Waals surface area (Å²) in [6, 6.07) is 0. The SMILES string of the molecule is CS(=O)(=O)OCCN(CCCl)P(=O)(O)O.Cl.Cl. The smallest absolute Gasteiger partial charge is 0.312 e. The van der Waals surface area contributed by atoms with Crippen LogP contribution in [-0.4, -0.2) is 54.7 Å². The molecule has 7 nitrogen and oxygen atoms in total. The summed E-state index contributed by atoms with van der Waals surface area (Å²) in [5.41, 5.74) is 0. The Morgan fingerprint density at radius 1 is 1.29 bits per heavy atom. The van der Waals surface area contributed by atoms with Crippen LogP contribution in [0.4, 0.5) is 0 Å². The maximum atomic E-state index is 10.8. The van der Waals surface area contributed by atoms with E-state index in [1.807, 2.05) is 0 Å². The van der Waals surface area contributed by atoms with Gasteiger partial charge in [0.25, 0.3) is 10.1 Å². The van der Waals surface area contributed by atoms with Crippen LogP contribution >= 0.6 is 44.2 Å². The van der Waals surface area contributed by atoms with Gasteiger partial charge in [-0.25, -0.2) is 9.24 Å². The lowest BCUT2D eigenvalue weighted by Crippen LogP contribution is -2.27. The molecule has 0 unspecified atom stereocenters. The summed E-state index contributed by atoms with van der Waals surface area (Å²) in [5.74, 6) is 0.0317. The van der Waals surface area contributed by atoms with E-state index in [4.69, 9.17) is 21.4 Å². The van der Waals surface area contributed by atoms with E-state index in [-0.39, 0.29) is 50.4 Å². The molecule has 0 heterocycles. The number of hydrogen-bond acceptors (Lipinski definition) is 4. The molecule has 0 aliphatic rings. The molecule has 0 aromatic rings. The van der Waals surface area contributed by atoms with E-state index < -0.39 is 17.9 Å². The largest absolute Gasteiger partial charge is 0.403 e. The Morgan fingerprint density at radius 2 is 1.76 bits per heavy atom. The van der Waals surface area contributed by atoms with Crippen LogP contribution in [0.25, 0.3) is 0 Å². The summed E-state index contributed by atoms with van der Waals surface area (Å²) >= 11 is 5.33. The van der Waals surface area contributed by atoms with Crippen LogP contribution in [0.3, 0.4) is 0 Å². The van der Waals surface area contributed by atoms with Crippen LogP contribution in [-0.2, 0) is 18.9 Å². The summed E-state index contributed by atoms with van der Waals surface area (Å²) in [4.78, 5) is 17.6. The van der Waals surface area contributed by atoms with Gasteiger partial charge in [-0.2, -0.15) is 8.42 Å². The lowest BCUT2D eigenvalue weighted by atomic mass is 10.6. The number of hydrogen-bond donors (Lipinski definition) is 2. The highest BCUT2D eigenvalue weighted by Crippen LogP contribution is 2.39. The average molecular weight is 355 g/mol. The molecular weight excluding hydrogens is 339 g/mol. The Hall–Kier alpha value is 0.890. The van der Waals surface area contributed by atoms with Crippen molar-refractivity contribution >= 4 is 54.3 Å². The lowest BCUT2D eigenvalue weighted by molar-refractivity contribution is 0.235. The van der Waals surface area contributed by atoms with Gasteiger partial charge >= 0.3 is 7.75 Å². The molecule has 0 radical (unpaired) electrons. The minimum atomic E-state index is -4.40. The van der Waals surface area contributed by atoms with Crippen molar-refractivity contribution in [3.63, 3.8) is 0 Å². The third kappa shape index (κ3) is 13.1. The van der Waals surface area contributed by atoms with Crippen LogP contribution in [0.15, 0.2) is 0 Å². The van der Waals surface area contributed by atoms with Gasteiger partial charge in [0.1, 0.15) is 0 Å². The topological polar surface area (TPSA) is 104 Å². The molecule has 0 aromatic carbocycles. The van der Waals surface area contributed by atoms with Crippen LogP contribution in [0.1, 0.15) is 0 Å². The maximum absolute atomic E-state index is 10.8. The van der Waals surface area contributed by atoms with Gasteiger partial charge in [0.05, 0.1) is 12.9 Å². The zero-order valence-corrected chi connectivity index (χ0v) is 13.0. The first-order valence-electron chi connectivity index (χ1n) is 3.88. The van der Waals surface area contributed by atoms with E-state index in [2.05, 4.69) is 4.18 Å².